The summed E-state index contributed by atoms with van der Waals surface area (Å²) < 4.78 is 0. The summed E-state index contributed by atoms with van der Waals surface area (Å²) in [6, 6.07) is 0.0586. The van der Waals surface area contributed by atoms with Gasteiger partial charge in [-0.15, -0.1) is 11.3 Å². The van der Waals surface area contributed by atoms with Crippen LogP contribution in [-0.4, -0.2) is 23.5 Å². The predicted octanol–water partition coefficient (Wildman–Crippen LogP) is 1.77. The molecular formula is C12H19N3OS. The van der Waals surface area contributed by atoms with Gasteiger partial charge in [0.1, 0.15) is 0 Å². The van der Waals surface area contributed by atoms with E-state index in [9.17, 15) is 4.79 Å². The molecule has 5 heteroatoms. The van der Waals surface area contributed by atoms with E-state index in [4.69, 9.17) is 0 Å². The summed E-state index contributed by atoms with van der Waals surface area (Å²) in [5.41, 5.74) is 1.03. The van der Waals surface area contributed by atoms with Crippen molar-refractivity contribution in [3.8, 4) is 0 Å². The molecule has 0 saturated carbocycles. The summed E-state index contributed by atoms with van der Waals surface area (Å²) in [4.78, 5) is 16.2. The van der Waals surface area contributed by atoms with Crippen molar-refractivity contribution >= 4 is 17.2 Å². The predicted molar refractivity (Wildman–Crippen MR) is 69.1 cm³/mol. The monoisotopic (exact) mass is 253 g/mol. The highest BCUT2D eigenvalue weighted by molar-refractivity contribution is 7.09. The van der Waals surface area contributed by atoms with E-state index in [0.717, 1.165) is 36.5 Å². The third-order valence-corrected chi connectivity index (χ3v) is 3.86. The number of hydrogen-bond donors (Lipinski definition) is 2. The summed E-state index contributed by atoms with van der Waals surface area (Å²) in [5, 5.41) is 9.43. The van der Waals surface area contributed by atoms with Crippen molar-refractivity contribution in [2.75, 3.05) is 6.54 Å². The fourth-order valence-corrected chi connectivity index (χ4v) is 2.77. The summed E-state index contributed by atoms with van der Waals surface area (Å²) >= 11 is 1.65. The van der Waals surface area contributed by atoms with Crippen LogP contribution >= 0.6 is 11.3 Å². The average molecular weight is 253 g/mol. The molecule has 0 spiro atoms. The molecule has 94 valence electrons. The molecule has 2 atom stereocenters. The molecule has 0 radical (unpaired) electrons. The van der Waals surface area contributed by atoms with Crippen molar-refractivity contribution in [1.82, 2.24) is 15.6 Å². The lowest BCUT2D eigenvalue weighted by molar-refractivity contribution is -0.123. The van der Waals surface area contributed by atoms with Crippen LogP contribution in [0.15, 0.2) is 5.38 Å². The molecule has 1 amide bonds. The first-order chi connectivity index (χ1) is 8.16. The van der Waals surface area contributed by atoms with E-state index in [0.29, 0.717) is 0 Å². The number of amides is 1. The number of carbonyl (C=O) groups is 1. The van der Waals surface area contributed by atoms with Crippen LogP contribution in [0.1, 0.15) is 42.9 Å². The molecule has 2 N–H and O–H groups in total. The molecule has 1 aromatic rings. The Morgan fingerprint density at radius 2 is 2.41 bits per heavy atom. The van der Waals surface area contributed by atoms with Gasteiger partial charge in [-0.25, -0.2) is 4.98 Å². The van der Waals surface area contributed by atoms with E-state index in [1.165, 1.54) is 0 Å². The van der Waals surface area contributed by atoms with Gasteiger partial charge in [0, 0.05) is 18.0 Å². The van der Waals surface area contributed by atoms with Gasteiger partial charge in [0.05, 0.1) is 16.7 Å². The van der Waals surface area contributed by atoms with Crippen LogP contribution in [0.2, 0.25) is 0 Å². The molecule has 0 bridgehead atoms. The number of hydrogen-bond acceptors (Lipinski definition) is 4. The smallest absolute Gasteiger partial charge is 0.237 e. The van der Waals surface area contributed by atoms with Crippen molar-refractivity contribution in [2.45, 2.75) is 45.2 Å². The minimum absolute atomic E-state index is 0.0745. The van der Waals surface area contributed by atoms with Crippen molar-refractivity contribution in [3.63, 3.8) is 0 Å². The quantitative estimate of drug-likeness (QED) is 0.863. The Kier molecular flexibility index (Phi) is 4.12. The topological polar surface area (TPSA) is 54.0 Å². The third kappa shape index (κ3) is 3.26. The lowest BCUT2D eigenvalue weighted by Gasteiger charge is -2.19. The molecule has 0 aromatic carbocycles. The van der Waals surface area contributed by atoms with Gasteiger partial charge in [0.25, 0.3) is 0 Å². The second-order valence-corrected chi connectivity index (χ2v) is 5.58. The molecule has 1 aliphatic heterocycles. The van der Waals surface area contributed by atoms with E-state index in [1.807, 2.05) is 6.92 Å². The van der Waals surface area contributed by atoms with Crippen molar-refractivity contribution < 1.29 is 4.79 Å². The highest BCUT2D eigenvalue weighted by atomic mass is 32.1. The molecule has 1 aliphatic rings. The number of rotatable bonds is 3. The van der Waals surface area contributed by atoms with E-state index in [2.05, 4.69) is 27.9 Å². The minimum atomic E-state index is -0.0745. The molecule has 4 nitrogen and oxygen atoms in total. The van der Waals surface area contributed by atoms with Crippen LogP contribution in [0.5, 0.6) is 0 Å². The molecule has 1 fully saturated rings. The van der Waals surface area contributed by atoms with Gasteiger partial charge in [-0.1, -0.05) is 0 Å². The standard InChI is InChI=1S/C12H19N3OS/c1-8(11-7-17-9(2)15-11)14-10-5-3-4-6-13-12(10)16/h7-8,10,14H,3-6H2,1-2H3,(H,13,16). The van der Waals surface area contributed by atoms with Gasteiger partial charge in [-0.05, 0) is 33.1 Å². The molecule has 0 aliphatic carbocycles. The summed E-state index contributed by atoms with van der Waals surface area (Å²) in [6.45, 7) is 4.87. The van der Waals surface area contributed by atoms with Crippen LogP contribution in [0, 0.1) is 6.92 Å². The Morgan fingerprint density at radius 3 is 3.12 bits per heavy atom. The summed E-state index contributed by atoms with van der Waals surface area (Å²) in [5.74, 6) is 0.126. The zero-order valence-electron chi connectivity index (χ0n) is 10.3. The third-order valence-electron chi connectivity index (χ3n) is 3.07. The van der Waals surface area contributed by atoms with Gasteiger partial charge in [0.2, 0.25) is 5.91 Å². The van der Waals surface area contributed by atoms with Gasteiger partial charge in [-0.3, -0.25) is 10.1 Å². The van der Waals surface area contributed by atoms with Crippen LogP contribution in [0.25, 0.3) is 0 Å². The lowest BCUT2D eigenvalue weighted by atomic mass is 10.1. The average Bonchev–Trinajstić information content (AvgIpc) is 2.63. The minimum Gasteiger partial charge on any atom is -0.355 e. The van der Waals surface area contributed by atoms with Crippen molar-refractivity contribution in [1.29, 1.82) is 0 Å². The Labute approximate surface area is 106 Å². The maximum absolute atomic E-state index is 11.8. The fraction of sp³-hybridized carbons (Fsp3) is 0.667. The SMILES string of the molecule is Cc1nc(C(C)NC2CCCCNC2=O)cs1. The second-order valence-electron chi connectivity index (χ2n) is 4.52. The lowest BCUT2D eigenvalue weighted by Crippen LogP contribution is -2.43. The molecular weight excluding hydrogens is 234 g/mol. The first-order valence-electron chi connectivity index (χ1n) is 6.12. The Hall–Kier alpha value is -0.940. The fourth-order valence-electron chi connectivity index (χ4n) is 2.06. The van der Waals surface area contributed by atoms with Crippen LogP contribution in [-0.2, 0) is 4.79 Å². The number of thiazole rings is 1. The first kappa shape index (κ1) is 12.5. The normalized spacial score (nSPS) is 22.9. The van der Waals surface area contributed by atoms with E-state index in [-0.39, 0.29) is 18.0 Å². The number of nitrogens with one attached hydrogen (secondary N) is 2. The maximum Gasteiger partial charge on any atom is 0.237 e. The van der Waals surface area contributed by atoms with E-state index < -0.39 is 0 Å². The van der Waals surface area contributed by atoms with Crippen molar-refractivity contribution in [3.05, 3.63) is 16.1 Å². The van der Waals surface area contributed by atoms with Crippen LogP contribution < -0.4 is 10.6 Å². The highest BCUT2D eigenvalue weighted by Crippen LogP contribution is 2.17. The summed E-state index contributed by atoms with van der Waals surface area (Å²) in [6.07, 6.45) is 3.09. The largest absolute Gasteiger partial charge is 0.355 e. The molecule has 2 heterocycles. The van der Waals surface area contributed by atoms with Gasteiger partial charge in [-0.2, -0.15) is 0 Å². The molecule has 1 aromatic heterocycles. The molecule has 2 unspecified atom stereocenters. The van der Waals surface area contributed by atoms with Gasteiger partial charge < -0.3 is 5.32 Å². The molecule has 1 saturated heterocycles. The highest BCUT2D eigenvalue weighted by Gasteiger charge is 2.23. The Morgan fingerprint density at radius 1 is 1.59 bits per heavy atom. The molecule has 2 rings (SSSR count). The number of carbonyl (C=O) groups excluding carboxylic acids is 1. The maximum atomic E-state index is 11.8. The van der Waals surface area contributed by atoms with E-state index >= 15 is 0 Å². The summed E-state index contributed by atoms with van der Waals surface area (Å²) in [7, 11) is 0. The number of aryl methyl sites for hydroxylation is 1. The van der Waals surface area contributed by atoms with Gasteiger partial charge >= 0.3 is 0 Å². The Bertz CT molecular complexity index is 391. The Balaban J connectivity index is 1.97. The first-order valence-corrected chi connectivity index (χ1v) is 7.00. The number of nitrogens with zero attached hydrogens (tertiary/aromatic N) is 1. The van der Waals surface area contributed by atoms with Crippen LogP contribution in [0.3, 0.4) is 0 Å². The van der Waals surface area contributed by atoms with Gasteiger partial charge in [0.15, 0.2) is 0 Å². The second kappa shape index (κ2) is 5.60. The van der Waals surface area contributed by atoms with Crippen LogP contribution in [0.4, 0.5) is 0 Å². The zero-order chi connectivity index (χ0) is 12.3. The zero-order valence-corrected chi connectivity index (χ0v) is 11.1. The molecule has 17 heavy (non-hydrogen) atoms. The van der Waals surface area contributed by atoms with Crippen molar-refractivity contribution in [2.24, 2.45) is 0 Å². The number of aromatic nitrogens is 1. The van der Waals surface area contributed by atoms with E-state index in [1.54, 1.807) is 11.3 Å².